The number of carbonyl (C=O) groups is 1. The lowest BCUT2D eigenvalue weighted by Crippen LogP contribution is -2.11. The third kappa shape index (κ3) is 3.47. The van der Waals surface area contributed by atoms with Crippen molar-refractivity contribution < 1.29 is 7.54 Å². The maximum absolute atomic E-state index is 10.0. The summed E-state index contributed by atoms with van der Waals surface area (Å²) >= 11 is 0. The first-order chi connectivity index (χ1) is 3.18. The summed E-state index contributed by atoms with van der Waals surface area (Å²) in [6, 6.07) is 0. The second-order valence-electron chi connectivity index (χ2n) is 0.614. The molecule has 2 nitrogen and oxygen atoms in total. The van der Waals surface area contributed by atoms with Crippen molar-refractivity contribution in [3.8, 4) is 0 Å². The summed E-state index contributed by atoms with van der Waals surface area (Å²) in [5.74, 6) is -0.569. The van der Waals surface area contributed by atoms with Crippen LogP contribution in [-0.4, -0.2) is 13.0 Å². The highest BCUT2D eigenvalue weighted by molar-refractivity contribution is 5.72. The van der Waals surface area contributed by atoms with E-state index in [0.717, 1.165) is 0 Å². The van der Waals surface area contributed by atoms with Crippen molar-refractivity contribution in [2.45, 2.75) is 6.88 Å². The van der Waals surface area contributed by atoms with Crippen molar-refractivity contribution in [3.63, 3.8) is 0 Å². The average molecular weight is 75.1 g/mol. The summed E-state index contributed by atoms with van der Waals surface area (Å²) in [7, 11) is 1.40. The number of nitrogens with one attached hydrogen (secondary N) is 1. The van der Waals surface area contributed by atoms with Crippen molar-refractivity contribution in [3.05, 3.63) is 0 Å². The molecule has 0 rings (SSSR count). The first kappa shape index (κ1) is 1.80. The van der Waals surface area contributed by atoms with Gasteiger partial charge in [-0.1, -0.05) is 0 Å². The minimum atomic E-state index is -1.38. The summed E-state index contributed by atoms with van der Waals surface area (Å²) in [4.78, 5) is 10.0. The summed E-state index contributed by atoms with van der Waals surface area (Å²) < 4.78 is 12.9. The van der Waals surface area contributed by atoms with E-state index in [1.165, 1.54) is 7.05 Å². The fourth-order valence-electron chi connectivity index (χ4n) is 0. The largest absolute Gasteiger partial charge is 0.359 e. The summed E-state index contributed by atoms with van der Waals surface area (Å²) in [5.41, 5.74) is 0. The highest BCUT2D eigenvalue weighted by Gasteiger charge is 1.72. The van der Waals surface area contributed by atoms with Crippen LogP contribution in [0.15, 0.2) is 0 Å². The molecule has 0 aromatic carbocycles. The maximum atomic E-state index is 10.0. The molecule has 0 bridgehead atoms. The topological polar surface area (TPSA) is 29.1 Å². The van der Waals surface area contributed by atoms with Gasteiger partial charge in [-0.05, 0) is 0 Å². The van der Waals surface area contributed by atoms with Gasteiger partial charge in [-0.2, -0.15) is 0 Å². The molecule has 0 saturated carbocycles. The third-order valence-electron chi connectivity index (χ3n) is 0.246. The highest BCUT2D eigenvalue weighted by atomic mass is 16.1. The van der Waals surface area contributed by atoms with Crippen molar-refractivity contribution in [2.75, 3.05) is 7.05 Å². The van der Waals surface area contributed by atoms with E-state index >= 15 is 0 Å². The Morgan fingerprint density at radius 1 is 2.20 bits per heavy atom. The molecule has 0 spiro atoms. The third-order valence-corrected chi connectivity index (χ3v) is 0.246. The van der Waals surface area contributed by atoms with Gasteiger partial charge < -0.3 is 5.32 Å². The van der Waals surface area contributed by atoms with E-state index in [4.69, 9.17) is 2.74 Å². The number of rotatable bonds is 0. The molecule has 0 aromatic rings. The zero-order chi connectivity index (χ0) is 5.86. The lowest BCUT2D eigenvalue weighted by atomic mass is 10.7. The minimum absolute atomic E-state index is 0.569. The Morgan fingerprint density at radius 3 is 2.80 bits per heavy atom. The molecule has 0 atom stereocenters. The summed E-state index contributed by atoms with van der Waals surface area (Å²) in [5, 5.41) is 2.15. The second-order valence-corrected chi connectivity index (χ2v) is 0.614. The van der Waals surface area contributed by atoms with E-state index in [1.807, 2.05) is 0 Å². The van der Waals surface area contributed by atoms with Gasteiger partial charge in [-0.25, -0.2) is 0 Å². The van der Waals surface area contributed by atoms with Crippen LogP contribution in [0.25, 0.3) is 0 Å². The Bertz CT molecular complexity index is 73.3. The first-order valence-electron chi connectivity index (χ1n) is 2.40. The molecule has 0 radical (unpaired) electrons. The number of hydrogen-bond donors (Lipinski definition) is 1. The molecule has 0 fully saturated rings. The maximum Gasteiger partial charge on any atom is 0.216 e. The van der Waals surface area contributed by atoms with Crippen molar-refractivity contribution in [1.29, 1.82) is 0 Å². The van der Waals surface area contributed by atoms with Crippen molar-refractivity contribution >= 4 is 5.91 Å². The smallest absolute Gasteiger partial charge is 0.216 e. The molecule has 0 aliphatic carbocycles. The molecular weight excluding hydrogens is 66.0 g/mol. The molecular formula is C3H7NO. The van der Waals surface area contributed by atoms with E-state index < -0.39 is 12.8 Å². The van der Waals surface area contributed by atoms with Gasteiger partial charge in [0.25, 0.3) is 0 Å². The first-order valence-corrected chi connectivity index (χ1v) is 1.24. The van der Waals surface area contributed by atoms with Crippen LogP contribution in [0.2, 0.25) is 0 Å². The molecule has 0 heterocycles. The van der Waals surface area contributed by atoms with Crippen LogP contribution in [-0.2, 0) is 4.79 Å². The summed E-state index contributed by atoms with van der Waals surface area (Å²) in [6.07, 6.45) is 0. The van der Waals surface area contributed by atoms with Crippen LogP contribution < -0.4 is 5.32 Å². The Hall–Kier alpha value is -0.530. The lowest BCUT2D eigenvalue weighted by Gasteiger charge is -1.80. The predicted octanol–water partition coefficient (Wildman–Crippen LogP) is -0.248. The van der Waals surface area contributed by atoms with E-state index in [9.17, 15) is 4.79 Å². The van der Waals surface area contributed by atoms with Gasteiger partial charge in [0, 0.05) is 16.7 Å². The van der Waals surface area contributed by atoms with Gasteiger partial charge in [0.15, 0.2) is 0 Å². The molecule has 5 heavy (non-hydrogen) atoms. The molecule has 1 amide bonds. The molecule has 30 valence electrons. The molecule has 0 aromatic heterocycles. The van der Waals surface area contributed by atoms with Crippen LogP contribution >= 0.6 is 0 Å². The zero-order valence-electron chi connectivity index (χ0n) is 4.99. The van der Waals surface area contributed by atoms with Gasteiger partial charge in [0.05, 0.1) is 0 Å². The molecule has 1 N–H and O–H groups in total. The van der Waals surface area contributed by atoms with Crippen molar-refractivity contribution in [1.82, 2.24) is 5.32 Å². The van der Waals surface area contributed by atoms with Crippen LogP contribution in [0.4, 0.5) is 0 Å². The predicted molar refractivity (Wildman–Crippen MR) is 19.7 cm³/mol. The second kappa shape index (κ2) is 1.76. The fraction of sp³-hybridized carbons (Fsp3) is 0.667. The standard InChI is InChI=1S/C3H7NO/c1-3(5)4-2/h1-2H3,(H,4,5)/i1D2. The Balaban J connectivity index is 3.35. The SMILES string of the molecule is [2H]C([2H])C(=O)NC. The van der Waals surface area contributed by atoms with Gasteiger partial charge in [0.2, 0.25) is 5.91 Å². The monoisotopic (exact) mass is 75.1 g/mol. The Labute approximate surface area is 34.0 Å². The molecule has 0 aliphatic rings. The van der Waals surface area contributed by atoms with E-state index in [1.54, 1.807) is 0 Å². The van der Waals surface area contributed by atoms with Crippen LogP contribution in [0.1, 0.15) is 9.62 Å². The van der Waals surface area contributed by atoms with Crippen LogP contribution in [0.5, 0.6) is 0 Å². The number of carbonyl (C=O) groups excluding carboxylic acids is 1. The Morgan fingerprint density at radius 2 is 2.80 bits per heavy atom. The summed E-state index contributed by atoms with van der Waals surface area (Å²) in [6.45, 7) is -1.38. The molecule has 2 heteroatoms. The van der Waals surface area contributed by atoms with Gasteiger partial charge >= 0.3 is 0 Å². The molecule has 0 aliphatic heterocycles. The highest BCUT2D eigenvalue weighted by Crippen LogP contribution is 1.45. The van der Waals surface area contributed by atoms with Gasteiger partial charge in [-0.15, -0.1) is 0 Å². The van der Waals surface area contributed by atoms with E-state index in [0.29, 0.717) is 0 Å². The van der Waals surface area contributed by atoms with E-state index in [2.05, 4.69) is 5.32 Å². The van der Waals surface area contributed by atoms with Crippen LogP contribution in [0, 0.1) is 0 Å². The van der Waals surface area contributed by atoms with E-state index in [-0.39, 0.29) is 0 Å². The Kier molecular flexibility index (Phi) is 0.633. The zero-order valence-corrected chi connectivity index (χ0v) is 2.99. The van der Waals surface area contributed by atoms with Gasteiger partial charge in [0.1, 0.15) is 0 Å². The van der Waals surface area contributed by atoms with Crippen LogP contribution in [0.3, 0.4) is 0 Å². The number of hydrogen-bond acceptors (Lipinski definition) is 1. The van der Waals surface area contributed by atoms with Gasteiger partial charge in [-0.3, -0.25) is 4.79 Å². The molecule has 0 unspecified atom stereocenters. The average Bonchev–Trinajstić information content (AvgIpc) is 1.65. The normalized spacial score (nSPS) is 13.2. The van der Waals surface area contributed by atoms with Crippen molar-refractivity contribution in [2.24, 2.45) is 0 Å². The fourth-order valence-corrected chi connectivity index (χ4v) is 0. The number of amides is 1. The molecule has 0 saturated heterocycles. The lowest BCUT2D eigenvalue weighted by molar-refractivity contribution is -0.118. The quantitative estimate of drug-likeness (QED) is 0.422. The minimum Gasteiger partial charge on any atom is -0.359 e.